The minimum Gasteiger partial charge on any atom is -0.391 e. The predicted octanol–water partition coefficient (Wildman–Crippen LogP) is 1.33. The van der Waals surface area contributed by atoms with E-state index in [4.69, 9.17) is 5.73 Å². The predicted molar refractivity (Wildman–Crippen MR) is 65.7 cm³/mol. The maximum atomic E-state index is 11.2. The van der Waals surface area contributed by atoms with Gasteiger partial charge in [0.15, 0.2) is 5.82 Å². The lowest BCUT2D eigenvalue weighted by molar-refractivity contribution is 1.08. The highest BCUT2D eigenvalue weighted by Gasteiger charge is 2.04. The number of nitrogens with one attached hydrogen (secondary N) is 2. The van der Waals surface area contributed by atoms with Crippen LogP contribution in [0.1, 0.15) is 9.75 Å². The van der Waals surface area contributed by atoms with Crippen molar-refractivity contribution < 1.29 is 0 Å². The van der Waals surface area contributed by atoms with Crippen LogP contribution in [-0.4, -0.2) is 9.97 Å². The van der Waals surface area contributed by atoms with Gasteiger partial charge in [-0.25, -0.2) is 4.98 Å². The Bertz CT molecular complexity index is 546. The summed E-state index contributed by atoms with van der Waals surface area (Å²) < 4.78 is 0. The number of nitrogens with two attached hydrogens (primary N) is 1. The molecular formula is C10H12N4OS. The summed E-state index contributed by atoms with van der Waals surface area (Å²) in [5.41, 5.74) is 5.39. The third kappa shape index (κ3) is 2.22. The molecular weight excluding hydrogens is 224 g/mol. The first-order valence-corrected chi connectivity index (χ1v) is 5.61. The molecule has 2 aromatic heterocycles. The standard InChI is InChI=1S/C10H12N4OS/c1-6-2-3-7(16-6)4-12-9-8(11)10(15)14-5-13-9/h2-3,5H,4,11H2,1H3,(H2,12,13,14,15). The summed E-state index contributed by atoms with van der Waals surface area (Å²) in [5.74, 6) is 0.426. The van der Waals surface area contributed by atoms with E-state index in [0.717, 1.165) is 0 Å². The highest BCUT2D eigenvalue weighted by Crippen LogP contribution is 2.17. The normalized spacial score (nSPS) is 10.3. The number of rotatable bonds is 3. The van der Waals surface area contributed by atoms with Crippen LogP contribution in [0.5, 0.6) is 0 Å². The fourth-order valence-electron chi connectivity index (χ4n) is 1.30. The molecule has 0 fully saturated rings. The Morgan fingerprint density at radius 2 is 2.38 bits per heavy atom. The van der Waals surface area contributed by atoms with Gasteiger partial charge in [-0.15, -0.1) is 11.3 Å². The number of anilines is 2. The molecule has 0 aliphatic heterocycles. The first-order chi connectivity index (χ1) is 7.66. The smallest absolute Gasteiger partial charge is 0.276 e. The molecule has 0 amide bonds. The Hall–Kier alpha value is -1.82. The molecule has 4 N–H and O–H groups in total. The number of nitrogens with zero attached hydrogens (tertiary/aromatic N) is 1. The third-order valence-corrected chi connectivity index (χ3v) is 3.12. The SMILES string of the molecule is Cc1ccc(CNc2nc[nH]c(=O)c2N)s1. The van der Waals surface area contributed by atoms with Gasteiger partial charge in [0, 0.05) is 9.75 Å². The van der Waals surface area contributed by atoms with E-state index in [9.17, 15) is 4.79 Å². The van der Waals surface area contributed by atoms with E-state index >= 15 is 0 Å². The van der Waals surface area contributed by atoms with Gasteiger partial charge in [0.2, 0.25) is 0 Å². The van der Waals surface area contributed by atoms with Crippen molar-refractivity contribution in [1.82, 2.24) is 9.97 Å². The lowest BCUT2D eigenvalue weighted by Gasteiger charge is -2.05. The van der Waals surface area contributed by atoms with Gasteiger partial charge in [-0.2, -0.15) is 0 Å². The molecule has 0 radical (unpaired) electrons. The van der Waals surface area contributed by atoms with Crippen LogP contribution in [0.15, 0.2) is 23.3 Å². The first-order valence-electron chi connectivity index (χ1n) is 4.79. The van der Waals surface area contributed by atoms with Crippen LogP contribution in [0.2, 0.25) is 0 Å². The molecule has 0 aliphatic carbocycles. The van der Waals surface area contributed by atoms with Gasteiger partial charge in [0.05, 0.1) is 12.9 Å². The summed E-state index contributed by atoms with van der Waals surface area (Å²) in [6, 6.07) is 4.09. The lowest BCUT2D eigenvalue weighted by Crippen LogP contribution is -2.15. The second kappa shape index (κ2) is 4.36. The highest BCUT2D eigenvalue weighted by molar-refractivity contribution is 7.11. The van der Waals surface area contributed by atoms with Crippen LogP contribution in [0.25, 0.3) is 0 Å². The zero-order valence-corrected chi connectivity index (χ0v) is 9.60. The molecule has 0 atom stereocenters. The number of aryl methyl sites for hydroxylation is 1. The number of hydrogen-bond acceptors (Lipinski definition) is 5. The molecule has 5 nitrogen and oxygen atoms in total. The molecule has 2 heterocycles. The summed E-state index contributed by atoms with van der Waals surface area (Å²) in [4.78, 5) is 20.0. The topological polar surface area (TPSA) is 83.8 Å². The molecule has 2 rings (SSSR count). The van der Waals surface area contributed by atoms with Crippen molar-refractivity contribution in [3.8, 4) is 0 Å². The molecule has 0 spiro atoms. The monoisotopic (exact) mass is 236 g/mol. The summed E-state index contributed by atoms with van der Waals surface area (Å²) in [5, 5.41) is 3.04. The number of aromatic amines is 1. The van der Waals surface area contributed by atoms with Gasteiger partial charge in [0.25, 0.3) is 5.56 Å². The largest absolute Gasteiger partial charge is 0.391 e. The molecule has 0 saturated heterocycles. The molecule has 2 aromatic rings. The first kappa shape index (κ1) is 10.7. The number of nitrogen functional groups attached to an aromatic ring is 1. The Kier molecular flexibility index (Phi) is 2.91. The van der Waals surface area contributed by atoms with Crippen molar-refractivity contribution in [2.45, 2.75) is 13.5 Å². The van der Waals surface area contributed by atoms with Crippen LogP contribution in [-0.2, 0) is 6.54 Å². The number of thiophene rings is 1. The van der Waals surface area contributed by atoms with Gasteiger partial charge in [0.1, 0.15) is 5.69 Å². The van der Waals surface area contributed by atoms with Crippen LogP contribution in [0.4, 0.5) is 11.5 Å². The van der Waals surface area contributed by atoms with Gasteiger partial charge in [-0.3, -0.25) is 4.79 Å². The highest BCUT2D eigenvalue weighted by atomic mass is 32.1. The summed E-state index contributed by atoms with van der Waals surface area (Å²) in [6.45, 7) is 2.67. The molecule has 0 aromatic carbocycles. The summed E-state index contributed by atoms with van der Waals surface area (Å²) in [6.07, 6.45) is 1.33. The van der Waals surface area contributed by atoms with Crippen LogP contribution >= 0.6 is 11.3 Å². The molecule has 6 heteroatoms. The average Bonchev–Trinajstić information content (AvgIpc) is 2.67. The van der Waals surface area contributed by atoms with E-state index in [0.29, 0.717) is 12.4 Å². The van der Waals surface area contributed by atoms with Crippen molar-refractivity contribution in [3.63, 3.8) is 0 Å². The summed E-state index contributed by atoms with van der Waals surface area (Å²) in [7, 11) is 0. The van der Waals surface area contributed by atoms with Gasteiger partial charge < -0.3 is 16.0 Å². The molecule has 0 saturated carbocycles. The lowest BCUT2D eigenvalue weighted by atomic mass is 10.4. The van der Waals surface area contributed by atoms with Crippen molar-refractivity contribution in [2.24, 2.45) is 0 Å². The van der Waals surface area contributed by atoms with Gasteiger partial charge >= 0.3 is 0 Å². The van der Waals surface area contributed by atoms with Crippen LogP contribution in [0.3, 0.4) is 0 Å². The van der Waals surface area contributed by atoms with Gasteiger partial charge in [-0.05, 0) is 19.1 Å². The van der Waals surface area contributed by atoms with Crippen LogP contribution in [0, 0.1) is 6.92 Å². The Labute approximate surface area is 96.3 Å². The number of H-pyrrole nitrogens is 1. The molecule has 0 aliphatic rings. The second-order valence-corrected chi connectivity index (χ2v) is 4.73. The average molecular weight is 236 g/mol. The Morgan fingerprint density at radius 3 is 3.06 bits per heavy atom. The Morgan fingerprint density at radius 1 is 1.56 bits per heavy atom. The van der Waals surface area contributed by atoms with Crippen molar-refractivity contribution in [1.29, 1.82) is 0 Å². The van der Waals surface area contributed by atoms with E-state index in [1.807, 2.05) is 13.0 Å². The second-order valence-electron chi connectivity index (χ2n) is 3.36. The van der Waals surface area contributed by atoms with Crippen molar-refractivity contribution >= 4 is 22.8 Å². The van der Waals surface area contributed by atoms with E-state index in [1.165, 1.54) is 16.1 Å². The van der Waals surface area contributed by atoms with E-state index in [2.05, 4.69) is 21.4 Å². The van der Waals surface area contributed by atoms with E-state index in [1.54, 1.807) is 11.3 Å². The van der Waals surface area contributed by atoms with Crippen LogP contribution < -0.4 is 16.6 Å². The van der Waals surface area contributed by atoms with Gasteiger partial charge in [-0.1, -0.05) is 0 Å². The maximum Gasteiger partial charge on any atom is 0.276 e. The number of hydrogen-bond donors (Lipinski definition) is 3. The molecule has 84 valence electrons. The quantitative estimate of drug-likeness (QED) is 0.750. The third-order valence-electron chi connectivity index (χ3n) is 2.12. The zero-order valence-electron chi connectivity index (χ0n) is 8.78. The summed E-state index contributed by atoms with van der Waals surface area (Å²) >= 11 is 1.70. The Balaban J connectivity index is 2.10. The fourth-order valence-corrected chi connectivity index (χ4v) is 2.13. The van der Waals surface area contributed by atoms with E-state index < -0.39 is 0 Å². The van der Waals surface area contributed by atoms with Crippen molar-refractivity contribution in [3.05, 3.63) is 38.6 Å². The molecule has 16 heavy (non-hydrogen) atoms. The number of aromatic nitrogens is 2. The molecule has 0 unspecified atom stereocenters. The maximum absolute atomic E-state index is 11.2. The zero-order chi connectivity index (χ0) is 11.5. The fraction of sp³-hybridized carbons (Fsp3) is 0.200. The van der Waals surface area contributed by atoms with E-state index in [-0.39, 0.29) is 11.2 Å². The minimum absolute atomic E-state index is 0.121. The minimum atomic E-state index is -0.320. The molecule has 0 bridgehead atoms. The van der Waals surface area contributed by atoms with Crippen molar-refractivity contribution in [2.75, 3.05) is 11.1 Å².